The third-order valence-electron chi connectivity index (χ3n) is 3.56. The van der Waals surface area contributed by atoms with Crippen molar-refractivity contribution >= 4 is 11.6 Å². The van der Waals surface area contributed by atoms with E-state index in [1.807, 2.05) is 18.2 Å². The van der Waals surface area contributed by atoms with Gasteiger partial charge >= 0.3 is 0 Å². The number of pyridine rings is 1. The molecule has 1 unspecified atom stereocenters. The van der Waals surface area contributed by atoms with Crippen molar-refractivity contribution in [2.24, 2.45) is 5.92 Å². The number of benzene rings is 1. The van der Waals surface area contributed by atoms with Crippen LogP contribution in [0.1, 0.15) is 34.9 Å². The van der Waals surface area contributed by atoms with E-state index >= 15 is 0 Å². The predicted molar refractivity (Wildman–Crippen MR) is 78.0 cm³/mol. The van der Waals surface area contributed by atoms with Gasteiger partial charge < -0.3 is 11.1 Å². The Morgan fingerprint density at radius 2 is 1.95 bits per heavy atom. The van der Waals surface area contributed by atoms with Gasteiger partial charge in [-0.1, -0.05) is 30.3 Å². The first kappa shape index (κ1) is 12.7. The van der Waals surface area contributed by atoms with Gasteiger partial charge in [-0.3, -0.25) is 4.79 Å². The molecule has 1 saturated carbocycles. The number of hydrogen-bond donors (Lipinski definition) is 2. The van der Waals surface area contributed by atoms with E-state index in [4.69, 9.17) is 5.73 Å². The van der Waals surface area contributed by atoms with Crippen LogP contribution >= 0.6 is 0 Å². The number of amides is 1. The molecule has 0 spiro atoms. The van der Waals surface area contributed by atoms with Crippen molar-refractivity contribution < 1.29 is 4.79 Å². The molecule has 3 N–H and O–H groups in total. The van der Waals surface area contributed by atoms with Gasteiger partial charge in [0.15, 0.2) is 0 Å². The molecule has 1 aliphatic rings. The number of rotatable bonds is 4. The summed E-state index contributed by atoms with van der Waals surface area (Å²) in [7, 11) is 0. The van der Waals surface area contributed by atoms with Crippen LogP contribution in [0.15, 0.2) is 48.7 Å². The number of anilines is 1. The van der Waals surface area contributed by atoms with E-state index in [2.05, 4.69) is 22.4 Å². The van der Waals surface area contributed by atoms with E-state index in [0.717, 1.165) is 18.4 Å². The van der Waals surface area contributed by atoms with Crippen molar-refractivity contribution in [1.29, 1.82) is 0 Å². The Balaban J connectivity index is 1.77. The Labute approximate surface area is 118 Å². The van der Waals surface area contributed by atoms with E-state index in [-0.39, 0.29) is 11.9 Å². The zero-order chi connectivity index (χ0) is 13.9. The second-order valence-corrected chi connectivity index (χ2v) is 5.18. The molecular formula is C16H17N3O. The fraction of sp³-hybridized carbons (Fsp3) is 0.250. The summed E-state index contributed by atoms with van der Waals surface area (Å²) >= 11 is 0. The molecule has 20 heavy (non-hydrogen) atoms. The van der Waals surface area contributed by atoms with Gasteiger partial charge in [0.1, 0.15) is 5.69 Å². The summed E-state index contributed by atoms with van der Waals surface area (Å²) in [4.78, 5) is 16.3. The summed E-state index contributed by atoms with van der Waals surface area (Å²) in [6.07, 6.45) is 3.83. The van der Waals surface area contributed by atoms with Gasteiger partial charge in [0.25, 0.3) is 5.91 Å². The maximum absolute atomic E-state index is 12.3. The molecule has 1 amide bonds. The first-order chi connectivity index (χ1) is 9.74. The number of carbonyl (C=O) groups excluding carboxylic acids is 1. The molecular weight excluding hydrogens is 250 g/mol. The predicted octanol–water partition coefficient (Wildman–Crippen LogP) is 2.54. The summed E-state index contributed by atoms with van der Waals surface area (Å²) < 4.78 is 0. The molecule has 1 aromatic heterocycles. The molecule has 102 valence electrons. The number of nitrogens with two attached hydrogens (primary N) is 1. The normalized spacial score (nSPS) is 15.6. The SMILES string of the molecule is Nc1ccc(C(=O)NC(c2ccccc2)C2CC2)nc1. The monoisotopic (exact) mass is 267 g/mol. The first-order valence-corrected chi connectivity index (χ1v) is 6.81. The van der Waals surface area contributed by atoms with Crippen molar-refractivity contribution in [1.82, 2.24) is 10.3 Å². The molecule has 1 fully saturated rings. The highest BCUT2D eigenvalue weighted by Gasteiger charge is 2.33. The summed E-state index contributed by atoms with van der Waals surface area (Å²) in [5.74, 6) is 0.390. The van der Waals surface area contributed by atoms with E-state index in [1.165, 1.54) is 6.20 Å². The van der Waals surface area contributed by atoms with Crippen LogP contribution in [0.4, 0.5) is 5.69 Å². The van der Waals surface area contributed by atoms with Crippen LogP contribution in [0, 0.1) is 5.92 Å². The summed E-state index contributed by atoms with van der Waals surface area (Å²) in [6.45, 7) is 0. The van der Waals surface area contributed by atoms with E-state index < -0.39 is 0 Å². The van der Waals surface area contributed by atoms with Gasteiger partial charge in [-0.2, -0.15) is 0 Å². The second kappa shape index (κ2) is 5.33. The first-order valence-electron chi connectivity index (χ1n) is 6.81. The van der Waals surface area contributed by atoms with Crippen LogP contribution in [0.5, 0.6) is 0 Å². The number of aromatic nitrogens is 1. The zero-order valence-electron chi connectivity index (χ0n) is 11.1. The number of carbonyl (C=O) groups is 1. The minimum absolute atomic E-state index is 0.0723. The maximum Gasteiger partial charge on any atom is 0.270 e. The zero-order valence-corrected chi connectivity index (χ0v) is 11.1. The minimum Gasteiger partial charge on any atom is -0.397 e. The van der Waals surface area contributed by atoms with E-state index in [1.54, 1.807) is 12.1 Å². The van der Waals surface area contributed by atoms with Gasteiger partial charge in [0.2, 0.25) is 0 Å². The molecule has 1 aromatic carbocycles. The highest BCUT2D eigenvalue weighted by molar-refractivity contribution is 5.92. The smallest absolute Gasteiger partial charge is 0.270 e. The van der Waals surface area contributed by atoms with Gasteiger partial charge in [-0.15, -0.1) is 0 Å². The molecule has 0 saturated heterocycles. The van der Waals surface area contributed by atoms with E-state index in [9.17, 15) is 4.79 Å². The molecule has 0 bridgehead atoms. The fourth-order valence-electron chi connectivity index (χ4n) is 2.32. The van der Waals surface area contributed by atoms with Crippen LogP contribution in [0.2, 0.25) is 0 Å². The van der Waals surface area contributed by atoms with Crippen LogP contribution < -0.4 is 11.1 Å². The van der Waals surface area contributed by atoms with Crippen molar-refractivity contribution in [3.8, 4) is 0 Å². The Hall–Kier alpha value is -2.36. The average Bonchev–Trinajstić information content (AvgIpc) is 3.31. The second-order valence-electron chi connectivity index (χ2n) is 5.18. The van der Waals surface area contributed by atoms with E-state index in [0.29, 0.717) is 17.3 Å². The van der Waals surface area contributed by atoms with Gasteiger partial charge in [0.05, 0.1) is 17.9 Å². The van der Waals surface area contributed by atoms with Gasteiger partial charge in [-0.05, 0) is 36.5 Å². The van der Waals surface area contributed by atoms with Crippen LogP contribution in [0.3, 0.4) is 0 Å². The molecule has 4 heteroatoms. The number of nitrogens with one attached hydrogen (secondary N) is 1. The molecule has 0 radical (unpaired) electrons. The van der Waals surface area contributed by atoms with Crippen molar-refractivity contribution in [3.63, 3.8) is 0 Å². The number of nitrogen functional groups attached to an aromatic ring is 1. The molecule has 1 atom stereocenters. The third kappa shape index (κ3) is 2.79. The van der Waals surface area contributed by atoms with Crippen LogP contribution in [-0.4, -0.2) is 10.9 Å². The molecule has 1 aliphatic carbocycles. The molecule has 3 rings (SSSR count). The topological polar surface area (TPSA) is 68.0 Å². The Morgan fingerprint density at radius 1 is 1.20 bits per heavy atom. The van der Waals surface area contributed by atoms with Crippen molar-refractivity contribution in [2.75, 3.05) is 5.73 Å². The highest BCUT2D eigenvalue weighted by atomic mass is 16.1. The summed E-state index contributed by atoms with van der Waals surface area (Å²) in [6, 6.07) is 13.5. The Kier molecular flexibility index (Phi) is 3.37. The standard InChI is InChI=1S/C16H17N3O/c17-13-8-9-14(18-10-13)16(20)19-15(12-6-7-12)11-4-2-1-3-5-11/h1-5,8-10,12,15H,6-7,17H2,(H,19,20). The maximum atomic E-state index is 12.3. The van der Waals surface area contributed by atoms with Gasteiger partial charge in [0, 0.05) is 0 Å². The number of hydrogen-bond acceptors (Lipinski definition) is 3. The quantitative estimate of drug-likeness (QED) is 0.894. The lowest BCUT2D eigenvalue weighted by Gasteiger charge is -2.18. The van der Waals surface area contributed by atoms with Crippen LogP contribution in [-0.2, 0) is 0 Å². The number of nitrogens with zero attached hydrogens (tertiary/aromatic N) is 1. The lowest BCUT2D eigenvalue weighted by Crippen LogP contribution is -2.30. The lowest BCUT2D eigenvalue weighted by molar-refractivity contribution is 0.0926. The fourth-order valence-corrected chi connectivity index (χ4v) is 2.32. The highest BCUT2D eigenvalue weighted by Crippen LogP contribution is 2.41. The van der Waals surface area contributed by atoms with Crippen molar-refractivity contribution in [3.05, 3.63) is 59.9 Å². The largest absolute Gasteiger partial charge is 0.397 e. The third-order valence-corrected chi connectivity index (χ3v) is 3.56. The molecule has 0 aliphatic heterocycles. The lowest BCUT2D eigenvalue weighted by atomic mass is 10.0. The van der Waals surface area contributed by atoms with Gasteiger partial charge in [-0.25, -0.2) is 4.98 Å². The molecule has 4 nitrogen and oxygen atoms in total. The Morgan fingerprint density at radius 3 is 2.55 bits per heavy atom. The van der Waals surface area contributed by atoms with Crippen molar-refractivity contribution in [2.45, 2.75) is 18.9 Å². The summed E-state index contributed by atoms with van der Waals surface area (Å²) in [5.41, 5.74) is 7.70. The Bertz CT molecular complexity index is 591. The average molecular weight is 267 g/mol. The summed E-state index contributed by atoms with van der Waals surface area (Å²) in [5, 5.41) is 3.09. The minimum atomic E-state index is -0.147. The molecule has 1 heterocycles. The molecule has 2 aromatic rings. The van der Waals surface area contributed by atoms with Crippen LogP contribution in [0.25, 0.3) is 0 Å².